The molecule has 2 amide bonds. The number of anilines is 3. The van der Waals surface area contributed by atoms with Crippen molar-refractivity contribution < 1.29 is 9.53 Å². The Kier molecular flexibility index (Phi) is 6.23. The van der Waals surface area contributed by atoms with Gasteiger partial charge in [-0.2, -0.15) is 0 Å². The zero-order chi connectivity index (χ0) is 20.1. The first-order valence-electron chi connectivity index (χ1n) is 9.69. The molecule has 2 N–H and O–H groups in total. The molecule has 7 nitrogen and oxygen atoms in total. The number of methoxy groups -OCH3 is 1. The second-order valence-corrected chi connectivity index (χ2v) is 6.81. The fourth-order valence-electron chi connectivity index (χ4n) is 3.53. The molecule has 0 spiro atoms. The third-order valence-electron chi connectivity index (χ3n) is 5.18. The Morgan fingerprint density at radius 2 is 1.89 bits per heavy atom. The molecule has 0 bridgehead atoms. The predicted octanol–water partition coefficient (Wildman–Crippen LogP) is 3.36. The molecule has 0 atom stereocenters. The van der Waals surface area contributed by atoms with Crippen LogP contribution in [-0.4, -0.2) is 56.3 Å². The Hall–Kier alpha value is -2.96. The lowest BCUT2D eigenvalue weighted by Crippen LogP contribution is -2.50. The van der Waals surface area contributed by atoms with Gasteiger partial charge in [0.05, 0.1) is 18.5 Å². The highest BCUT2D eigenvalue weighted by atomic mass is 16.5. The van der Waals surface area contributed by atoms with E-state index in [2.05, 4.69) is 39.6 Å². The molecule has 1 fully saturated rings. The van der Waals surface area contributed by atoms with Crippen LogP contribution in [0, 0.1) is 6.92 Å². The lowest BCUT2D eigenvalue weighted by molar-refractivity contribution is 0.208. The van der Waals surface area contributed by atoms with E-state index in [0.29, 0.717) is 24.7 Å². The van der Waals surface area contributed by atoms with Crippen LogP contribution in [0.5, 0.6) is 5.88 Å². The number of rotatable bonds is 5. The van der Waals surface area contributed by atoms with Crippen molar-refractivity contribution >= 4 is 23.1 Å². The number of nitrogens with one attached hydrogen (secondary N) is 2. The Labute approximate surface area is 166 Å². The van der Waals surface area contributed by atoms with Gasteiger partial charge >= 0.3 is 6.03 Å². The molecule has 0 saturated carbocycles. The standard InChI is InChI=1S/C21H29N5O2/c1-5-16-14-18(20(28-4)23-15(16)2)24-21(27)26-12-10-25(11-13-26)19-9-7-6-8-17(19)22-3/h6-9,14,22H,5,10-13H2,1-4H3,(H,24,27). The highest BCUT2D eigenvalue weighted by Crippen LogP contribution is 2.27. The van der Waals surface area contributed by atoms with Crippen LogP contribution < -0.4 is 20.3 Å². The molecule has 1 aromatic heterocycles. The largest absolute Gasteiger partial charge is 0.480 e. The lowest BCUT2D eigenvalue weighted by atomic mass is 10.1. The summed E-state index contributed by atoms with van der Waals surface area (Å²) in [6, 6.07) is 10.1. The van der Waals surface area contributed by atoms with E-state index in [1.54, 1.807) is 7.11 Å². The Bertz CT molecular complexity index is 832. The number of nitrogens with zero attached hydrogens (tertiary/aromatic N) is 3. The summed E-state index contributed by atoms with van der Waals surface area (Å²) < 4.78 is 5.35. The average molecular weight is 383 g/mol. The number of pyridine rings is 1. The predicted molar refractivity (Wildman–Crippen MR) is 114 cm³/mol. The zero-order valence-electron chi connectivity index (χ0n) is 17.1. The van der Waals surface area contributed by atoms with Crippen molar-refractivity contribution in [3.05, 3.63) is 41.6 Å². The molecule has 0 radical (unpaired) electrons. The zero-order valence-corrected chi connectivity index (χ0v) is 17.1. The highest BCUT2D eigenvalue weighted by Gasteiger charge is 2.23. The third-order valence-corrected chi connectivity index (χ3v) is 5.18. The van der Waals surface area contributed by atoms with Crippen LogP contribution in [0.1, 0.15) is 18.2 Å². The summed E-state index contributed by atoms with van der Waals surface area (Å²) in [7, 11) is 3.50. The summed E-state index contributed by atoms with van der Waals surface area (Å²) in [6.45, 7) is 6.92. The van der Waals surface area contributed by atoms with Crippen molar-refractivity contribution in [3.63, 3.8) is 0 Å². The van der Waals surface area contributed by atoms with Gasteiger partial charge in [0, 0.05) is 38.9 Å². The van der Waals surface area contributed by atoms with Gasteiger partial charge in [-0.15, -0.1) is 0 Å². The number of hydrogen-bond acceptors (Lipinski definition) is 5. The number of aromatic nitrogens is 1. The number of carbonyl (C=O) groups is 1. The molecule has 3 rings (SSSR count). The summed E-state index contributed by atoms with van der Waals surface area (Å²) >= 11 is 0. The van der Waals surface area contributed by atoms with Gasteiger partial charge in [0.25, 0.3) is 0 Å². The third kappa shape index (κ3) is 4.13. The molecule has 1 saturated heterocycles. The van der Waals surface area contributed by atoms with E-state index in [1.807, 2.05) is 37.1 Å². The van der Waals surface area contributed by atoms with Crippen LogP contribution in [0.2, 0.25) is 0 Å². The van der Waals surface area contributed by atoms with E-state index in [4.69, 9.17) is 4.74 Å². The maximum atomic E-state index is 12.8. The average Bonchev–Trinajstić information content (AvgIpc) is 2.74. The van der Waals surface area contributed by atoms with Gasteiger partial charge in [-0.05, 0) is 37.1 Å². The molecular weight excluding hydrogens is 354 g/mol. The number of hydrogen-bond donors (Lipinski definition) is 2. The molecule has 2 aromatic rings. The number of aryl methyl sites for hydroxylation is 2. The first kappa shape index (κ1) is 19.8. The fourth-order valence-corrected chi connectivity index (χ4v) is 3.53. The van der Waals surface area contributed by atoms with Crippen molar-refractivity contribution in [1.29, 1.82) is 0 Å². The van der Waals surface area contributed by atoms with Gasteiger partial charge < -0.3 is 25.2 Å². The minimum Gasteiger partial charge on any atom is -0.480 e. The van der Waals surface area contributed by atoms with Gasteiger partial charge in [-0.3, -0.25) is 0 Å². The summed E-state index contributed by atoms with van der Waals surface area (Å²) in [6.07, 6.45) is 0.856. The van der Waals surface area contributed by atoms with E-state index in [1.165, 1.54) is 5.69 Å². The molecule has 150 valence electrons. The van der Waals surface area contributed by atoms with Crippen molar-refractivity contribution in [2.45, 2.75) is 20.3 Å². The summed E-state index contributed by atoms with van der Waals surface area (Å²) in [5, 5.41) is 6.21. The first-order valence-corrected chi connectivity index (χ1v) is 9.69. The van der Waals surface area contributed by atoms with Gasteiger partial charge in [-0.1, -0.05) is 19.1 Å². The number of ether oxygens (including phenoxy) is 1. The van der Waals surface area contributed by atoms with Gasteiger partial charge in [-0.25, -0.2) is 9.78 Å². The Morgan fingerprint density at radius 1 is 1.18 bits per heavy atom. The first-order chi connectivity index (χ1) is 13.6. The summed E-state index contributed by atoms with van der Waals surface area (Å²) in [5.41, 5.74) is 4.92. The lowest BCUT2D eigenvalue weighted by Gasteiger charge is -2.36. The SMILES string of the molecule is CCc1cc(NC(=O)N2CCN(c3ccccc3NC)CC2)c(OC)nc1C. The highest BCUT2D eigenvalue weighted by molar-refractivity contribution is 5.91. The van der Waals surface area contributed by atoms with E-state index in [0.717, 1.165) is 36.5 Å². The number of benzene rings is 1. The quantitative estimate of drug-likeness (QED) is 0.829. The van der Waals surface area contributed by atoms with Crippen LogP contribution in [0.15, 0.2) is 30.3 Å². The van der Waals surface area contributed by atoms with E-state index < -0.39 is 0 Å². The Balaban J connectivity index is 1.66. The van der Waals surface area contributed by atoms with Crippen molar-refractivity contribution in [1.82, 2.24) is 9.88 Å². The second-order valence-electron chi connectivity index (χ2n) is 6.81. The normalized spacial score (nSPS) is 14.0. The number of amides is 2. The molecular formula is C21H29N5O2. The molecule has 0 unspecified atom stereocenters. The molecule has 7 heteroatoms. The van der Waals surface area contributed by atoms with Crippen molar-refractivity contribution in [2.75, 3.05) is 55.9 Å². The van der Waals surface area contributed by atoms with Crippen molar-refractivity contribution in [2.24, 2.45) is 0 Å². The molecule has 1 aliphatic rings. The van der Waals surface area contributed by atoms with Crippen LogP contribution in [0.4, 0.5) is 21.9 Å². The summed E-state index contributed by atoms with van der Waals surface area (Å²) in [5.74, 6) is 0.449. The van der Waals surface area contributed by atoms with Crippen LogP contribution in [0.3, 0.4) is 0 Å². The summed E-state index contributed by atoms with van der Waals surface area (Å²) in [4.78, 5) is 21.4. The minimum absolute atomic E-state index is 0.118. The van der Waals surface area contributed by atoms with E-state index in [-0.39, 0.29) is 6.03 Å². The van der Waals surface area contributed by atoms with Crippen LogP contribution >= 0.6 is 0 Å². The second kappa shape index (κ2) is 8.82. The minimum atomic E-state index is -0.118. The van der Waals surface area contributed by atoms with Gasteiger partial charge in [0.1, 0.15) is 5.69 Å². The molecule has 1 aliphatic heterocycles. The number of carbonyl (C=O) groups excluding carboxylic acids is 1. The maximum Gasteiger partial charge on any atom is 0.322 e. The van der Waals surface area contributed by atoms with Crippen molar-refractivity contribution in [3.8, 4) is 5.88 Å². The van der Waals surface area contributed by atoms with E-state index >= 15 is 0 Å². The van der Waals surface area contributed by atoms with Crippen LogP contribution in [0.25, 0.3) is 0 Å². The number of urea groups is 1. The fraction of sp³-hybridized carbons (Fsp3) is 0.429. The Morgan fingerprint density at radius 3 is 2.54 bits per heavy atom. The van der Waals surface area contributed by atoms with Gasteiger partial charge in [0.15, 0.2) is 0 Å². The topological polar surface area (TPSA) is 69.7 Å². The molecule has 28 heavy (non-hydrogen) atoms. The number of piperazine rings is 1. The maximum absolute atomic E-state index is 12.8. The monoisotopic (exact) mass is 383 g/mol. The van der Waals surface area contributed by atoms with E-state index in [9.17, 15) is 4.79 Å². The number of para-hydroxylation sites is 2. The smallest absolute Gasteiger partial charge is 0.322 e. The van der Waals surface area contributed by atoms with Gasteiger partial charge in [0.2, 0.25) is 5.88 Å². The molecule has 1 aromatic carbocycles. The van der Waals surface area contributed by atoms with Crippen LogP contribution in [-0.2, 0) is 6.42 Å². The molecule has 0 aliphatic carbocycles. The molecule has 2 heterocycles.